The van der Waals surface area contributed by atoms with Gasteiger partial charge < -0.3 is 0 Å². The number of nitriles is 1. The van der Waals surface area contributed by atoms with E-state index < -0.39 is 0 Å². The SMILES string of the molecule is C=C(/C(C)=C\C)C1C2C(C)CC34CCC(C)C(C)(C)C(C=C(CC#N)CC123)C4=C. The summed E-state index contributed by atoms with van der Waals surface area (Å²) >= 11 is 0. The molecule has 156 valence electrons. The van der Waals surface area contributed by atoms with Gasteiger partial charge in [-0.3, -0.25) is 0 Å². The van der Waals surface area contributed by atoms with Gasteiger partial charge in [0.2, 0.25) is 0 Å². The van der Waals surface area contributed by atoms with Crippen molar-refractivity contribution in [2.45, 2.75) is 73.6 Å². The van der Waals surface area contributed by atoms with E-state index in [1.165, 1.54) is 41.6 Å². The van der Waals surface area contributed by atoms with Crippen LogP contribution in [0.1, 0.15) is 73.6 Å². The lowest BCUT2D eigenvalue weighted by atomic mass is 9.59. The Morgan fingerprint density at radius 1 is 1.34 bits per heavy atom. The van der Waals surface area contributed by atoms with E-state index in [1.807, 2.05) is 0 Å². The van der Waals surface area contributed by atoms with Gasteiger partial charge >= 0.3 is 0 Å². The van der Waals surface area contributed by atoms with Crippen LogP contribution >= 0.6 is 0 Å². The monoisotopic (exact) mass is 389 g/mol. The quantitative estimate of drug-likeness (QED) is 0.359. The highest BCUT2D eigenvalue weighted by atomic mass is 14.8. The van der Waals surface area contributed by atoms with Gasteiger partial charge in [0.15, 0.2) is 0 Å². The van der Waals surface area contributed by atoms with Gasteiger partial charge in [-0.2, -0.15) is 5.26 Å². The normalized spacial score (nSPS) is 45.3. The highest BCUT2D eigenvalue weighted by Crippen LogP contribution is 2.86. The second-order valence-electron chi connectivity index (χ2n) is 11.4. The Labute approximate surface area is 178 Å². The van der Waals surface area contributed by atoms with Crippen LogP contribution < -0.4 is 0 Å². The van der Waals surface area contributed by atoms with E-state index in [9.17, 15) is 5.26 Å². The molecule has 2 spiro atoms. The van der Waals surface area contributed by atoms with Crippen molar-refractivity contribution >= 4 is 0 Å². The molecular formula is C28H39N. The first-order valence-corrected chi connectivity index (χ1v) is 11.7. The molecule has 7 unspecified atom stereocenters. The summed E-state index contributed by atoms with van der Waals surface area (Å²) < 4.78 is 0. The molecule has 0 heterocycles. The van der Waals surface area contributed by atoms with Crippen LogP contribution in [0.5, 0.6) is 0 Å². The number of allylic oxidation sites excluding steroid dienone is 6. The van der Waals surface area contributed by atoms with Gasteiger partial charge in [-0.25, -0.2) is 0 Å². The molecule has 0 N–H and O–H groups in total. The van der Waals surface area contributed by atoms with Crippen LogP contribution in [0.15, 0.2) is 47.6 Å². The maximum atomic E-state index is 9.60. The average Bonchev–Trinajstić information content (AvgIpc) is 3.31. The molecule has 7 atom stereocenters. The highest BCUT2D eigenvalue weighted by Gasteiger charge is 2.80. The lowest BCUT2D eigenvalue weighted by Gasteiger charge is -2.44. The molecule has 4 aliphatic rings. The molecule has 29 heavy (non-hydrogen) atoms. The maximum absolute atomic E-state index is 9.60. The number of fused-ring (bicyclic) bond motifs is 1. The van der Waals surface area contributed by atoms with E-state index in [0.29, 0.717) is 36.0 Å². The first kappa shape index (κ1) is 20.7. The molecule has 3 fully saturated rings. The van der Waals surface area contributed by atoms with Gasteiger partial charge in [0.25, 0.3) is 0 Å². The summed E-state index contributed by atoms with van der Waals surface area (Å²) in [5.74, 6) is 2.99. The lowest BCUT2D eigenvalue weighted by Crippen LogP contribution is -2.36. The number of hydrogen-bond acceptors (Lipinski definition) is 1. The fourth-order valence-corrected chi connectivity index (χ4v) is 8.17. The Morgan fingerprint density at radius 3 is 2.66 bits per heavy atom. The minimum Gasteiger partial charge on any atom is -0.198 e. The summed E-state index contributed by atoms with van der Waals surface area (Å²) in [5, 5.41) is 9.60. The van der Waals surface area contributed by atoms with Crippen LogP contribution in [-0.2, 0) is 0 Å². The van der Waals surface area contributed by atoms with Crippen molar-refractivity contribution in [3.8, 4) is 6.07 Å². The van der Waals surface area contributed by atoms with Crippen LogP contribution in [0.2, 0.25) is 0 Å². The number of nitrogens with zero attached hydrogens (tertiary/aromatic N) is 1. The molecule has 4 rings (SSSR count). The molecule has 0 aromatic rings. The topological polar surface area (TPSA) is 23.8 Å². The Balaban J connectivity index is 1.92. The van der Waals surface area contributed by atoms with Gasteiger partial charge in [-0.05, 0) is 85.0 Å². The van der Waals surface area contributed by atoms with Crippen molar-refractivity contribution in [1.29, 1.82) is 5.26 Å². The molecule has 4 aliphatic carbocycles. The lowest BCUT2D eigenvalue weighted by molar-refractivity contribution is 0.157. The van der Waals surface area contributed by atoms with E-state index >= 15 is 0 Å². The molecule has 0 aromatic heterocycles. The Hall–Kier alpha value is -1.55. The maximum Gasteiger partial charge on any atom is 0.0666 e. The Morgan fingerprint density at radius 2 is 2.03 bits per heavy atom. The number of rotatable bonds is 3. The van der Waals surface area contributed by atoms with Crippen molar-refractivity contribution in [1.82, 2.24) is 0 Å². The first-order chi connectivity index (χ1) is 13.6. The third-order valence-corrected chi connectivity index (χ3v) is 10.2. The van der Waals surface area contributed by atoms with Crippen molar-refractivity contribution < 1.29 is 0 Å². The van der Waals surface area contributed by atoms with Crippen LogP contribution in [0, 0.1) is 57.2 Å². The van der Waals surface area contributed by atoms with Crippen molar-refractivity contribution in [2.24, 2.45) is 45.8 Å². The average molecular weight is 390 g/mol. The van der Waals surface area contributed by atoms with E-state index in [4.69, 9.17) is 6.58 Å². The standard InChI is InChI=1S/C28H39N/c1-9-17(2)20(5)25-24-18(3)15-27-12-10-19(4)26(7,8)23(21(27)6)14-22(11-13-29)16-28(24,25)27/h9,14,18-19,23-25H,5-6,10-12,15-16H2,1-4,7-8H3/b17-9-. The summed E-state index contributed by atoms with van der Waals surface area (Å²) in [4.78, 5) is 0. The molecule has 0 saturated heterocycles. The summed E-state index contributed by atoms with van der Waals surface area (Å²) in [5.41, 5.74) is 6.19. The molecule has 0 amide bonds. The van der Waals surface area contributed by atoms with E-state index in [2.05, 4.69) is 66.3 Å². The second kappa shape index (κ2) is 6.47. The summed E-state index contributed by atoms with van der Waals surface area (Å²) in [7, 11) is 0. The van der Waals surface area contributed by atoms with Gasteiger partial charge in [0, 0.05) is 5.92 Å². The zero-order valence-electron chi connectivity index (χ0n) is 19.4. The van der Waals surface area contributed by atoms with Crippen LogP contribution in [0.25, 0.3) is 0 Å². The largest absolute Gasteiger partial charge is 0.198 e. The summed E-state index contributed by atoms with van der Waals surface area (Å²) in [6.07, 6.45) is 10.2. The molecule has 0 aliphatic heterocycles. The van der Waals surface area contributed by atoms with Gasteiger partial charge in [-0.1, -0.05) is 69.7 Å². The molecular weight excluding hydrogens is 350 g/mol. The van der Waals surface area contributed by atoms with Gasteiger partial charge in [0.1, 0.15) is 0 Å². The third kappa shape index (κ3) is 2.44. The predicted molar refractivity (Wildman–Crippen MR) is 122 cm³/mol. The fourth-order valence-electron chi connectivity index (χ4n) is 8.17. The Kier molecular flexibility index (Phi) is 4.62. The highest BCUT2D eigenvalue weighted by molar-refractivity contribution is 5.49. The minimum atomic E-state index is 0.189. The van der Waals surface area contributed by atoms with E-state index in [1.54, 1.807) is 0 Å². The smallest absolute Gasteiger partial charge is 0.0666 e. The fraction of sp³-hybridized carbons (Fsp3) is 0.679. The zero-order valence-corrected chi connectivity index (χ0v) is 19.4. The molecule has 1 heteroatoms. The van der Waals surface area contributed by atoms with E-state index in [-0.39, 0.29) is 16.2 Å². The van der Waals surface area contributed by atoms with Crippen LogP contribution in [0.3, 0.4) is 0 Å². The summed E-state index contributed by atoms with van der Waals surface area (Å²) in [6, 6.07) is 2.48. The minimum absolute atomic E-state index is 0.189. The van der Waals surface area contributed by atoms with Crippen LogP contribution in [0.4, 0.5) is 0 Å². The molecule has 1 nitrogen and oxygen atoms in total. The van der Waals surface area contributed by atoms with Gasteiger partial charge in [0.05, 0.1) is 12.5 Å². The van der Waals surface area contributed by atoms with Crippen molar-refractivity contribution in [3.05, 3.63) is 47.6 Å². The third-order valence-electron chi connectivity index (χ3n) is 10.2. The van der Waals surface area contributed by atoms with E-state index in [0.717, 1.165) is 6.42 Å². The zero-order chi connectivity index (χ0) is 21.4. The molecule has 2 bridgehead atoms. The summed E-state index contributed by atoms with van der Waals surface area (Å²) in [6.45, 7) is 23.6. The molecule has 0 aromatic carbocycles. The first-order valence-electron chi connectivity index (χ1n) is 11.7. The number of hydrogen-bond donors (Lipinski definition) is 0. The van der Waals surface area contributed by atoms with Crippen molar-refractivity contribution in [3.63, 3.8) is 0 Å². The predicted octanol–water partition coefficient (Wildman–Crippen LogP) is 7.64. The Bertz CT molecular complexity index is 861. The molecule has 0 radical (unpaired) electrons. The van der Waals surface area contributed by atoms with Crippen molar-refractivity contribution in [2.75, 3.05) is 0 Å². The van der Waals surface area contributed by atoms with Crippen LogP contribution in [-0.4, -0.2) is 0 Å². The second-order valence-corrected chi connectivity index (χ2v) is 11.4. The molecule has 3 saturated carbocycles. The van der Waals surface area contributed by atoms with Gasteiger partial charge in [-0.15, -0.1) is 0 Å².